The van der Waals surface area contributed by atoms with Gasteiger partial charge in [-0.25, -0.2) is 0 Å². The van der Waals surface area contributed by atoms with Crippen LogP contribution in [0.5, 0.6) is 0 Å². The van der Waals surface area contributed by atoms with Gasteiger partial charge in [-0.2, -0.15) is 0 Å². The molecule has 2 rings (SSSR count). The van der Waals surface area contributed by atoms with Gasteiger partial charge in [0.1, 0.15) is 0 Å². The van der Waals surface area contributed by atoms with E-state index in [0.29, 0.717) is 6.04 Å². The molecule has 1 aromatic rings. The molecule has 2 heterocycles. The average Bonchev–Trinajstić information content (AvgIpc) is 2.57. The first-order chi connectivity index (χ1) is 6.34. The fourth-order valence-corrected chi connectivity index (χ4v) is 2.60. The van der Waals surface area contributed by atoms with Crippen molar-refractivity contribution < 1.29 is 0 Å². The molecule has 1 aliphatic heterocycles. The van der Waals surface area contributed by atoms with Gasteiger partial charge in [0.2, 0.25) is 0 Å². The van der Waals surface area contributed by atoms with E-state index in [1.807, 2.05) is 11.3 Å². The zero-order chi connectivity index (χ0) is 9.10. The molecule has 0 aromatic carbocycles. The van der Waals surface area contributed by atoms with Crippen molar-refractivity contribution in [1.29, 1.82) is 0 Å². The van der Waals surface area contributed by atoms with Crippen LogP contribution in [0.2, 0.25) is 0 Å². The molecule has 72 valence electrons. The first-order valence-corrected chi connectivity index (χ1v) is 5.73. The molecule has 0 saturated carbocycles. The minimum atomic E-state index is 0.397. The third-order valence-corrected chi connectivity index (χ3v) is 3.36. The van der Waals surface area contributed by atoms with Crippen molar-refractivity contribution in [2.75, 3.05) is 13.1 Å². The highest BCUT2D eigenvalue weighted by molar-refractivity contribution is 7.09. The molecule has 3 heteroatoms. The quantitative estimate of drug-likeness (QED) is 0.779. The highest BCUT2D eigenvalue weighted by Crippen LogP contribution is 2.15. The maximum atomic E-state index is 5.92. The molecule has 1 unspecified atom stereocenters. The van der Waals surface area contributed by atoms with Crippen LogP contribution in [0.4, 0.5) is 0 Å². The number of likely N-dealkylation sites (tertiary alicyclic amines) is 1. The molecule has 0 aliphatic carbocycles. The minimum absolute atomic E-state index is 0.397. The van der Waals surface area contributed by atoms with Gasteiger partial charge in [-0.1, -0.05) is 6.07 Å². The topological polar surface area (TPSA) is 29.3 Å². The summed E-state index contributed by atoms with van der Waals surface area (Å²) in [5.41, 5.74) is 5.92. The highest BCUT2D eigenvalue weighted by atomic mass is 32.1. The number of rotatable bonds is 2. The standard InChI is InChI=1S/C10H16N2S/c11-9-3-1-5-12(7-9)8-10-4-2-6-13-10/h2,4,6,9H,1,3,5,7-8,11H2. The predicted octanol–water partition coefficient (Wildman–Crippen LogP) is 1.67. The van der Waals surface area contributed by atoms with Crippen molar-refractivity contribution in [1.82, 2.24) is 4.90 Å². The average molecular weight is 196 g/mol. The number of piperidine rings is 1. The van der Waals surface area contributed by atoms with Gasteiger partial charge in [0.15, 0.2) is 0 Å². The van der Waals surface area contributed by atoms with E-state index in [1.165, 1.54) is 24.3 Å². The third-order valence-electron chi connectivity index (χ3n) is 2.50. The number of nitrogens with two attached hydrogens (primary N) is 1. The summed E-state index contributed by atoms with van der Waals surface area (Å²) < 4.78 is 0. The summed E-state index contributed by atoms with van der Waals surface area (Å²) in [6.07, 6.45) is 2.45. The van der Waals surface area contributed by atoms with E-state index >= 15 is 0 Å². The Balaban J connectivity index is 1.87. The van der Waals surface area contributed by atoms with Crippen LogP contribution in [0.3, 0.4) is 0 Å². The summed E-state index contributed by atoms with van der Waals surface area (Å²) in [5, 5.41) is 2.14. The minimum Gasteiger partial charge on any atom is -0.327 e. The molecule has 2 N–H and O–H groups in total. The van der Waals surface area contributed by atoms with Gasteiger partial charge in [0.05, 0.1) is 0 Å². The van der Waals surface area contributed by atoms with Crippen LogP contribution in [0.1, 0.15) is 17.7 Å². The van der Waals surface area contributed by atoms with Crippen LogP contribution in [0.15, 0.2) is 17.5 Å². The van der Waals surface area contributed by atoms with E-state index < -0.39 is 0 Å². The molecular formula is C10H16N2S. The van der Waals surface area contributed by atoms with Crippen LogP contribution >= 0.6 is 11.3 Å². The fourth-order valence-electron chi connectivity index (χ4n) is 1.86. The van der Waals surface area contributed by atoms with E-state index in [0.717, 1.165) is 13.1 Å². The van der Waals surface area contributed by atoms with Gasteiger partial charge < -0.3 is 5.73 Å². The lowest BCUT2D eigenvalue weighted by molar-refractivity contribution is 0.203. The van der Waals surface area contributed by atoms with Crippen molar-refractivity contribution in [2.45, 2.75) is 25.4 Å². The van der Waals surface area contributed by atoms with E-state index in [1.54, 1.807) is 0 Å². The summed E-state index contributed by atoms with van der Waals surface area (Å²) in [4.78, 5) is 3.91. The van der Waals surface area contributed by atoms with Crippen LogP contribution in [0, 0.1) is 0 Å². The van der Waals surface area contributed by atoms with Crippen molar-refractivity contribution >= 4 is 11.3 Å². The normalized spacial score (nSPS) is 24.8. The smallest absolute Gasteiger partial charge is 0.0328 e. The molecule has 13 heavy (non-hydrogen) atoms. The first-order valence-electron chi connectivity index (χ1n) is 4.85. The number of hydrogen-bond donors (Lipinski definition) is 1. The third kappa shape index (κ3) is 2.53. The van der Waals surface area contributed by atoms with Crippen LogP contribution in [-0.4, -0.2) is 24.0 Å². The van der Waals surface area contributed by atoms with E-state index in [9.17, 15) is 0 Å². The maximum Gasteiger partial charge on any atom is 0.0328 e. The van der Waals surface area contributed by atoms with Crippen LogP contribution in [0.25, 0.3) is 0 Å². The molecule has 0 bridgehead atoms. The Morgan fingerprint density at radius 3 is 3.23 bits per heavy atom. The predicted molar refractivity (Wildman–Crippen MR) is 56.8 cm³/mol. The Bertz CT molecular complexity index is 245. The van der Waals surface area contributed by atoms with Gasteiger partial charge in [0, 0.05) is 24.0 Å². The van der Waals surface area contributed by atoms with E-state index in [2.05, 4.69) is 22.4 Å². The largest absolute Gasteiger partial charge is 0.327 e. The molecule has 2 nitrogen and oxygen atoms in total. The lowest BCUT2D eigenvalue weighted by Gasteiger charge is -2.30. The second kappa shape index (κ2) is 4.22. The maximum absolute atomic E-state index is 5.92. The van der Waals surface area contributed by atoms with Crippen molar-refractivity contribution in [3.8, 4) is 0 Å². The summed E-state index contributed by atoms with van der Waals surface area (Å²) in [5.74, 6) is 0. The van der Waals surface area contributed by atoms with E-state index in [-0.39, 0.29) is 0 Å². The second-order valence-corrected chi connectivity index (χ2v) is 4.75. The molecular weight excluding hydrogens is 180 g/mol. The Morgan fingerprint density at radius 1 is 1.62 bits per heavy atom. The monoisotopic (exact) mass is 196 g/mol. The van der Waals surface area contributed by atoms with Crippen LogP contribution in [-0.2, 0) is 6.54 Å². The molecule has 0 spiro atoms. The van der Waals surface area contributed by atoms with Gasteiger partial charge in [-0.3, -0.25) is 4.90 Å². The number of hydrogen-bond acceptors (Lipinski definition) is 3. The Hall–Kier alpha value is -0.380. The SMILES string of the molecule is NC1CCCN(Cc2cccs2)C1. The van der Waals surface area contributed by atoms with Crippen molar-refractivity contribution in [3.05, 3.63) is 22.4 Å². The van der Waals surface area contributed by atoms with Crippen LogP contribution < -0.4 is 5.73 Å². The van der Waals surface area contributed by atoms with Gasteiger partial charge in [-0.05, 0) is 30.8 Å². The summed E-state index contributed by atoms with van der Waals surface area (Å²) in [6.45, 7) is 3.37. The Morgan fingerprint density at radius 2 is 2.54 bits per heavy atom. The lowest BCUT2D eigenvalue weighted by atomic mass is 10.1. The summed E-state index contributed by atoms with van der Waals surface area (Å²) >= 11 is 1.84. The first kappa shape index (κ1) is 9.19. The number of nitrogens with zero attached hydrogens (tertiary/aromatic N) is 1. The molecule has 0 radical (unpaired) electrons. The van der Waals surface area contributed by atoms with Crippen molar-refractivity contribution in [3.63, 3.8) is 0 Å². The Labute approximate surface area is 83.4 Å². The Kier molecular flexibility index (Phi) is 2.98. The molecule has 0 amide bonds. The summed E-state index contributed by atoms with van der Waals surface area (Å²) in [7, 11) is 0. The van der Waals surface area contributed by atoms with E-state index in [4.69, 9.17) is 5.73 Å². The molecule has 1 saturated heterocycles. The molecule has 1 fully saturated rings. The van der Waals surface area contributed by atoms with Gasteiger partial charge in [-0.15, -0.1) is 11.3 Å². The van der Waals surface area contributed by atoms with Gasteiger partial charge in [0.25, 0.3) is 0 Å². The molecule has 1 atom stereocenters. The highest BCUT2D eigenvalue weighted by Gasteiger charge is 2.16. The van der Waals surface area contributed by atoms with Gasteiger partial charge >= 0.3 is 0 Å². The molecule has 1 aliphatic rings. The molecule has 1 aromatic heterocycles. The number of thiophene rings is 1. The zero-order valence-corrected chi connectivity index (χ0v) is 8.59. The zero-order valence-electron chi connectivity index (χ0n) is 7.78. The second-order valence-electron chi connectivity index (χ2n) is 3.72. The lowest BCUT2D eigenvalue weighted by Crippen LogP contribution is -2.42. The fraction of sp³-hybridized carbons (Fsp3) is 0.600. The van der Waals surface area contributed by atoms with Crippen molar-refractivity contribution in [2.24, 2.45) is 5.73 Å². The summed E-state index contributed by atoms with van der Waals surface area (Å²) in [6, 6.07) is 4.71.